The molecule has 2 aromatic rings. The van der Waals surface area contributed by atoms with E-state index in [2.05, 4.69) is 10.5 Å². The Labute approximate surface area is 147 Å². The Hall–Kier alpha value is -2.45. The third kappa shape index (κ3) is 4.15. The number of carboxylic acids is 1. The molecule has 0 fully saturated rings. The van der Waals surface area contributed by atoms with Crippen LogP contribution in [-0.4, -0.2) is 41.9 Å². The van der Waals surface area contributed by atoms with Crippen LogP contribution in [0.1, 0.15) is 22.5 Å². The molecule has 7 nitrogen and oxygen atoms in total. The lowest BCUT2D eigenvalue weighted by Crippen LogP contribution is -2.41. The largest absolute Gasteiger partial charge is 0.480 e. The predicted molar refractivity (Wildman–Crippen MR) is 87.0 cm³/mol. The van der Waals surface area contributed by atoms with Crippen molar-refractivity contribution in [3.8, 4) is 11.3 Å². The molecule has 1 unspecified atom stereocenters. The minimum Gasteiger partial charge on any atom is -0.480 e. The molecule has 0 aliphatic rings. The highest BCUT2D eigenvalue weighted by Gasteiger charge is 2.28. The van der Waals surface area contributed by atoms with E-state index < -0.39 is 23.7 Å². The Morgan fingerprint density at radius 1 is 1.48 bits per heavy atom. The Morgan fingerprint density at radius 3 is 2.80 bits per heavy atom. The summed E-state index contributed by atoms with van der Waals surface area (Å²) in [6.07, 6.45) is 0.0672. The number of carbonyl (C=O) groups excluding carboxylic acids is 1. The molecular formula is C16H16ClFN2O5. The van der Waals surface area contributed by atoms with E-state index in [0.717, 1.165) is 0 Å². The van der Waals surface area contributed by atoms with E-state index in [9.17, 15) is 19.1 Å². The number of benzene rings is 1. The number of nitrogens with one attached hydrogen (secondary N) is 1. The molecule has 1 aromatic heterocycles. The standard InChI is InChI=1S/C16H16ClFN2O5/c1-8-12(15(21)19-11(16(22)23)6-7-24-2)14(20-25-8)13-9(17)4-3-5-10(13)18/h3-5,11H,6-7H2,1-2H3,(H,19,21)(H,22,23). The second kappa shape index (κ2) is 8.09. The quantitative estimate of drug-likeness (QED) is 0.777. The van der Waals surface area contributed by atoms with Crippen LogP contribution in [0.15, 0.2) is 22.7 Å². The maximum absolute atomic E-state index is 14.1. The van der Waals surface area contributed by atoms with E-state index in [1.54, 1.807) is 0 Å². The number of amides is 1. The van der Waals surface area contributed by atoms with Crippen LogP contribution in [-0.2, 0) is 9.53 Å². The fraction of sp³-hybridized carbons (Fsp3) is 0.312. The van der Waals surface area contributed by atoms with Gasteiger partial charge >= 0.3 is 5.97 Å². The second-order valence-electron chi connectivity index (χ2n) is 5.20. The van der Waals surface area contributed by atoms with Crippen molar-refractivity contribution in [3.63, 3.8) is 0 Å². The number of rotatable bonds is 7. The van der Waals surface area contributed by atoms with Gasteiger partial charge in [-0.15, -0.1) is 0 Å². The lowest BCUT2D eigenvalue weighted by molar-refractivity contribution is -0.139. The molecule has 9 heteroatoms. The van der Waals surface area contributed by atoms with E-state index in [1.807, 2.05) is 0 Å². The number of ether oxygens (including phenoxy) is 1. The van der Waals surface area contributed by atoms with E-state index in [4.69, 9.17) is 20.9 Å². The summed E-state index contributed by atoms with van der Waals surface area (Å²) in [5.41, 5.74) is -0.250. The fourth-order valence-corrected chi connectivity index (χ4v) is 2.51. The first-order valence-corrected chi connectivity index (χ1v) is 7.67. The van der Waals surface area contributed by atoms with Crippen LogP contribution >= 0.6 is 11.6 Å². The van der Waals surface area contributed by atoms with Crippen molar-refractivity contribution < 1.29 is 28.3 Å². The molecule has 0 radical (unpaired) electrons. The predicted octanol–water partition coefficient (Wildman–Crippen LogP) is 2.66. The zero-order valence-electron chi connectivity index (χ0n) is 13.5. The van der Waals surface area contributed by atoms with Crippen LogP contribution in [0.2, 0.25) is 5.02 Å². The molecule has 2 N–H and O–H groups in total. The number of aryl methyl sites for hydroxylation is 1. The van der Waals surface area contributed by atoms with Crippen molar-refractivity contribution in [3.05, 3.63) is 40.4 Å². The number of aliphatic carboxylic acids is 1. The molecule has 25 heavy (non-hydrogen) atoms. The molecule has 1 amide bonds. The highest BCUT2D eigenvalue weighted by Crippen LogP contribution is 2.33. The van der Waals surface area contributed by atoms with Gasteiger partial charge in [-0.1, -0.05) is 22.8 Å². The molecule has 0 aliphatic heterocycles. The molecule has 0 saturated heterocycles. The first-order chi connectivity index (χ1) is 11.9. The summed E-state index contributed by atoms with van der Waals surface area (Å²) < 4.78 is 24.0. The van der Waals surface area contributed by atoms with E-state index in [-0.39, 0.29) is 40.6 Å². The topological polar surface area (TPSA) is 102 Å². The summed E-state index contributed by atoms with van der Waals surface area (Å²) in [6, 6.07) is 2.86. The van der Waals surface area contributed by atoms with Crippen molar-refractivity contribution in [2.45, 2.75) is 19.4 Å². The van der Waals surface area contributed by atoms with Crippen molar-refractivity contribution in [1.29, 1.82) is 0 Å². The van der Waals surface area contributed by atoms with Gasteiger partial charge in [0.1, 0.15) is 28.9 Å². The van der Waals surface area contributed by atoms with Gasteiger partial charge in [-0.3, -0.25) is 4.79 Å². The van der Waals surface area contributed by atoms with E-state index >= 15 is 0 Å². The zero-order valence-corrected chi connectivity index (χ0v) is 14.3. The monoisotopic (exact) mass is 370 g/mol. The van der Waals surface area contributed by atoms with Gasteiger partial charge in [0, 0.05) is 20.1 Å². The minimum absolute atomic E-state index is 0.0523. The number of carboxylic acid groups (broad SMARTS) is 1. The summed E-state index contributed by atoms with van der Waals surface area (Å²) >= 11 is 6.01. The number of hydrogen-bond acceptors (Lipinski definition) is 5. The maximum atomic E-state index is 14.1. The molecule has 1 heterocycles. The first kappa shape index (κ1) is 18.9. The van der Waals surface area contributed by atoms with Gasteiger partial charge in [-0.25, -0.2) is 9.18 Å². The molecule has 0 spiro atoms. The number of carbonyl (C=O) groups is 2. The molecule has 1 atom stereocenters. The van der Waals surface area contributed by atoms with Crippen LogP contribution in [0.4, 0.5) is 4.39 Å². The Balaban J connectivity index is 2.38. The van der Waals surface area contributed by atoms with Gasteiger partial charge in [0.05, 0.1) is 10.6 Å². The third-order valence-corrected chi connectivity index (χ3v) is 3.82. The Bertz CT molecular complexity index is 773. The second-order valence-corrected chi connectivity index (χ2v) is 5.61. The fourth-order valence-electron chi connectivity index (χ4n) is 2.26. The molecule has 1 aromatic carbocycles. The van der Waals surface area contributed by atoms with Crippen molar-refractivity contribution >= 4 is 23.5 Å². The zero-order chi connectivity index (χ0) is 18.6. The highest BCUT2D eigenvalue weighted by molar-refractivity contribution is 6.33. The number of aromatic nitrogens is 1. The van der Waals surface area contributed by atoms with Crippen LogP contribution in [0.3, 0.4) is 0 Å². The summed E-state index contributed by atoms with van der Waals surface area (Å²) in [4.78, 5) is 23.8. The van der Waals surface area contributed by atoms with Crippen LogP contribution in [0.5, 0.6) is 0 Å². The number of hydrogen-bond donors (Lipinski definition) is 2. The SMILES string of the molecule is COCCC(NC(=O)c1c(-c2c(F)cccc2Cl)noc1C)C(=O)O. The minimum atomic E-state index is -1.22. The third-order valence-electron chi connectivity index (χ3n) is 3.50. The average Bonchev–Trinajstić information content (AvgIpc) is 2.92. The number of nitrogens with zero attached hydrogens (tertiary/aromatic N) is 1. The van der Waals surface area contributed by atoms with Crippen molar-refractivity contribution in [2.75, 3.05) is 13.7 Å². The maximum Gasteiger partial charge on any atom is 0.326 e. The molecular weight excluding hydrogens is 355 g/mol. The van der Waals surface area contributed by atoms with Gasteiger partial charge in [0.25, 0.3) is 5.91 Å². The molecule has 0 aliphatic carbocycles. The van der Waals surface area contributed by atoms with Gasteiger partial charge in [-0.2, -0.15) is 0 Å². The summed E-state index contributed by atoms with van der Waals surface area (Å²) in [7, 11) is 1.42. The summed E-state index contributed by atoms with van der Waals surface area (Å²) in [6.45, 7) is 1.61. The first-order valence-electron chi connectivity index (χ1n) is 7.30. The van der Waals surface area contributed by atoms with Gasteiger partial charge in [0.2, 0.25) is 0 Å². The smallest absolute Gasteiger partial charge is 0.326 e. The van der Waals surface area contributed by atoms with E-state index in [0.29, 0.717) is 0 Å². The lowest BCUT2D eigenvalue weighted by Gasteiger charge is -2.14. The van der Waals surface area contributed by atoms with Crippen LogP contribution in [0.25, 0.3) is 11.3 Å². The van der Waals surface area contributed by atoms with Crippen LogP contribution in [0, 0.1) is 12.7 Å². The molecule has 2 rings (SSSR count). The van der Waals surface area contributed by atoms with Crippen molar-refractivity contribution in [1.82, 2.24) is 10.5 Å². The lowest BCUT2D eigenvalue weighted by atomic mass is 10.0. The highest BCUT2D eigenvalue weighted by atomic mass is 35.5. The summed E-state index contributed by atoms with van der Waals surface area (Å²) in [5.74, 6) is -2.53. The van der Waals surface area contributed by atoms with Crippen LogP contribution < -0.4 is 5.32 Å². The van der Waals surface area contributed by atoms with Gasteiger partial charge in [-0.05, 0) is 19.1 Å². The van der Waals surface area contributed by atoms with E-state index in [1.165, 1.54) is 32.2 Å². The molecule has 0 bridgehead atoms. The number of methoxy groups -OCH3 is 1. The Kier molecular flexibility index (Phi) is 6.11. The average molecular weight is 371 g/mol. The number of halogens is 2. The summed E-state index contributed by atoms with van der Waals surface area (Å²) in [5, 5.41) is 15.3. The van der Waals surface area contributed by atoms with Gasteiger partial charge < -0.3 is 19.7 Å². The molecule has 134 valence electrons. The van der Waals surface area contributed by atoms with Gasteiger partial charge in [0.15, 0.2) is 0 Å². The normalized spacial score (nSPS) is 12.0. The Morgan fingerprint density at radius 2 is 2.20 bits per heavy atom. The van der Waals surface area contributed by atoms with Crippen molar-refractivity contribution in [2.24, 2.45) is 0 Å². The molecule has 0 saturated carbocycles.